The van der Waals surface area contributed by atoms with E-state index < -0.39 is 0 Å². The van der Waals surface area contributed by atoms with Gasteiger partial charge in [0.1, 0.15) is 11.5 Å². The Kier molecular flexibility index (Phi) is 2.80. The maximum atomic E-state index is 6.17. The average molecular weight is 291 g/mol. The molecule has 0 saturated carbocycles. The highest BCUT2D eigenvalue weighted by atomic mass is 16.5. The fraction of sp³-hybridized carbons (Fsp3) is 0.400. The van der Waals surface area contributed by atoms with E-state index in [0.717, 1.165) is 23.8 Å². The highest BCUT2D eigenvalue weighted by molar-refractivity contribution is 5.51. The zero-order valence-electron chi connectivity index (χ0n) is 12.8. The van der Waals surface area contributed by atoms with Gasteiger partial charge in [-0.05, 0) is 67.1 Å². The van der Waals surface area contributed by atoms with Crippen LogP contribution >= 0.6 is 0 Å². The lowest BCUT2D eigenvalue weighted by molar-refractivity contribution is 0.0489. The van der Waals surface area contributed by atoms with E-state index in [1.165, 1.54) is 49.0 Å². The molecule has 2 aromatic carbocycles. The summed E-state index contributed by atoms with van der Waals surface area (Å²) in [6.45, 7) is 2.55. The Morgan fingerprint density at radius 2 is 1.73 bits per heavy atom. The molecule has 0 radical (unpaired) electrons. The van der Waals surface area contributed by atoms with Gasteiger partial charge in [-0.25, -0.2) is 0 Å². The van der Waals surface area contributed by atoms with Gasteiger partial charge in [0.15, 0.2) is 0 Å². The van der Waals surface area contributed by atoms with Crippen molar-refractivity contribution in [3.8, 4) is 11.5 Å². The van der Waals surface area contributed by atoms with Gasteiger partial charge in [0, 0.05) is 12.5 Å². The van der Waals surface area contributed by atoms with Crippen LogP contribution in [0.1, 0.15) is 42.0 Å². The lowest BCUT2D eigenvalue weighted by Crippen LogP contribution is -2.43. The van der Waals surface area contributed by atoms with E-state index in [0.29, 0.717) is 6.04 Å². The predicted octanol–water partition coefficient (Wildman–Crippen LogP) is 4.54. The Balaban J connectivity index is 1.48. The minimum Gasteiger partial charge on any atom is -0.457 e. The van der Waals surface area contributed by atoms with Crippen LogP contribution in [0.4, 0.5) is 0 Å². The molecule has 1 unspecified atom stereocenters. The van der Waals surface area contributed by atoms with Crippen LogP contribution in [0.15, 0.2) is 42.5 Å². The second-order valence-electron chi connectivity index (χ2n) is 6.98. The molecule has 2 heteroatoms. The summed E-state index contributed by atoms with van der Waals surface area (Å²) in [4.78, 5) is 2.67. The third-order valence-corrected chi connectivity index (χ3v) is 5.70. The van der Waals surface area contributed by atoms with Gasteiger partial charge in [0.2, 0.25) is 0 Å². The molecule has 2 nitrogen and oxygen atoms in total. The van der Waals surface area contributed by atoms with Crippen LogP contribution in [0.2, 0.25) is 0 Å². The number of benzene rings is 2. The number of piperidine rings is 3. The van der Waals surface area contributed by atoms with Crippen LogP contribution in [-0.2, 0) is 6.42 Å². The van der Waals surface area contributed by atoms with E-state index in [-0.39, 0.29) is 0 Å². The topological polar surface area (TPSA) is 12.5 Å². The zero-order valence-corrected chi connectivity index (χ0v) is 12.8. The molecule has 6 rings (SSSR count). The molecule has 2 bridgehead atoms. The third kappa shape index (κ3) is 1.98. The van der Waals surface area contributed by atoms with Crippen LogP contribution in [-0.4, -0.2) is 18.0 Å². The average Bonchev–Trinajstić information content (AvgIpc) is 2.60. The zero-order chi connectivity index (χ0) is 14.5. The van der Waals surface area contributed by atoms with Crippen molar-refractivity contribution in [2.24, 2.45) is 5.92 Å². The van der Waals surface area contributed by atoms with Gasteiger partial charge in [0.25, 0.3) is 0 Å². The molecule has 3 fully saturated rings. The van der Waals surface area contributed by atoms with Gasteiger partial charge in [0.05, 0.1) is 0 Å². The standard InChI is InChI=1S/C20H21NO/c1-2-4-19-16(3-1)12-17-6-5-15(13-20(17)22-19)18-11-14-7-9-21(18)10-8-14/h1-6,13-14,18H,7-12H2. The number of para-hydroxylation sites is 1. The molecule has 0 amide bonds. The maximum absolute atomic E-state index is 6.17. The molecule has 0 spiro atoms. The van der Waals surface area contributed by atoms with Crippen LogP contribution in [0.5, 0.6) is 11.5 Å². The molecule has 0 N–H and O–H groups in total. The van der Waals surface area contributed by atoms with Crippen LogP contribution < -0.4 is 4.74 Å². The largest absolute Gasteiger partial charge is 0.457 e. The minimum absolute atomic E-state index is 0.610. The Morgan fingerprint density at radius 3 is 2.55 bits per heavy atom. The van der Waals surface area contributed by atoms with Crippen molar-refractivity contribution in [2.75, 3.05) is 13.1 Å². The van der Waals surface area contributed by atoms with Crippen molar-refractivity contribution in [2.45, 2.75) is 31.7 Å². The van der Waals surface area contributed by atoms with Crippen LogP contribution in [0.3, 0.4) is 0 Å². The SMILES string of the molecule is c1ccc2c(c1)Cc1ccc(C3CC4CCN3CC4)cc1O2. The molecule has 0 aliphatic carbocycles. The predicted molar refractivity (Wildman–Crippen MR) is 87.4 cm³/mol. The summed E-state index contributed by atoms with van der Waals surface area (Å²) < 4.78 is 6.17. The van der Waals surface area contributed by atoms with Crippen molar-refractivity contribution in [1.29, 1.82) is 0 Å². The van der Waals surface area contributed by atoms with Gasteiger partial charge in [-0.3, -0.25) is 4.90 Å². The molecule has 4 heterocycles. The van der Waals surface area contributed by atoms with E-state index in [9.17, 15) is 0 Å². The Labute approximate surface area is 131 Å². The number of hydrogen-bond acceptors (Lipinski definition) is 2. The fourth-order valence-electron chi connectivity index (χ4n) is 4.40. The summed E-state index contributed by atoms with van der Waals surface area (Å²) in [5.41, 5.74) is 4.06. The normalized spacial score (nSPS) is 28.6. The molecular formula is C20H21NO. The first-order chi connectivity index (χ1) is 10.9. The molecular weight excluding hydrogens is 270 g/mol. The van der Waals surface area contributed by atoms with E-state index in [1.807, 2.05) is 0 Å². The van der Waals surface area contributed by atoms with Gasteiger partial charge in [-0.15, -0.1) is 0 Å². The molecule has 4 aliphatic rings. The van der Waals surface area contributed by atoms with E-state index >= 15 is 0 Å². The van der Waals surface area contributed by atoms with E-state index in [2.05, 4.69) is 47.4 Å². The third-order valence-electron chi connectivity index (χ3n) is 5.70. The summed E-state index contributed by atoms with van der Waals surface area (Å²) in [6.07, 6.45) is 5.11. The van der Waals surface area contributed by atoms with Gasteiger partial charge in [-0.2, -0.15) is 0 Å². The number of rotatable bonds is 1. The number of hydrogen-bond donors (Lipinski definition) is 0. The lowest BCUT2D eigenvalue weighted by atomic mass is 9.80. The van der Waals surface area contributed by atoms with Crippen molar-refractivity contribution >= 4 is 0 Å². The number of ether oxygens (including phenoxy) is 1. The van der Waals surface area contributed by atoms with Crippen molar-refractivity contribution in [1.82, 2.24) is 4.90 Å². The first-order valence-corrected chi connectivity index (χ1v) is 8.49. The molecule has 4 aliphatic heterocycles. The van der Waals surface area contributed by atoms with Crippen LogP contribution in [0, 0.1) is 5.92 Å². The highest BCUT2D eigenvalue weighted by Gasteiger charge is 2.34. The second-order valence-corrected chi connectivity index (χ2v) is 6.98. The molecule has 22 heavy (non-hydrogen) atoms. The second kappa shape index (κ2) is 4.85. The fourth-order valence-corrected chi connectivity index (χ4v) is 4.40. The van der Waals surface area contributed by atoms with Crippen molar-refractivity contribution in [3.63, 3.8) is 0 Å². The Hall–Kier alpha value is -1.80. The van der Waals surface area contributed by atoms with Gasteiger partial charge in [-0.1, -0.05) is 30.3 Å². The first kappa shape index (κ1) is 12.7. The van der Waals surface area contributed by atoms with E-state index in [4.69, 9.17) is 4.74 Å². The van der Waals surface area contributed by atoms with Crippen molar-refractivity contribution < 1.29 is 4.74 Å². The van der Waals surface area contributed by atoms with Gasteiger partial charge >= 0.3 is 0 Å². The molecule has 112 valence electrons. The quantitative estimate of drug-likeness (QED) is 0.652. The monoisotopic (exact) mass is 291 g/mol. The lowest BCUT2D eigenvalue weighted by Gasteiger charge is -2.45. The maximum Gasteiger partial charge on any atom is 0.131 e. The van der Waals surface area contributed by atoms with E-state index in [1.54, 1.807) is 0 Å². The van der Waals surface area contributed by atoms with Crippen LogP contribution in [0.25, 0.3) is 0 Å². The summed E-state index contributed by atoms with van der Waals surface area (Å²) in [5.74, 6) is 3.03. The molecule has 2 aromatic rings. The summed E-state index contributed by atoms with van der Waals surface area (Å²) in [7, 11) is 0. The Bertz CT molecular complexity index is 715. The molecule has 3 saturated heterocycles. The summed E-state index contributed by atoms with van der Waals surface area (Å²) in [6, 6.07) is 15.9. The molecule has 1 atom stereocenters. The Morgan fingerprint density at radius 1 is 0.909 bits per heavy atom. The highest BCUT2D eigenvalue weighted by Crippen LogP contribution is 2.43. The summed E-state index contributed by atoms with van der Waals surface area (Å²) >= 11 is 0. The number of nitrogens with zero attached hydrogens (tertiary/aromatic N) is 1. The molecule has 0 aromatic heterocycles. The first-order valence-electron chi connectivity index (χ1n) is 8.49. The minimum atomic E-state index is 0.610. The number of fused-ring (bicyclic) bond motifs is 5. The van der Waals surface area contributed by atoms with Crippen molar-refractivity contribution in [3.05, 3.63) is 59.2 Å². The smallest absolute Gasteiger partial charge is 0.131 e. The van der Waals surface area contributed by atoms with Gasteiger partial charge < -0.3 is 4.74 Å². The summed E-state index contributed by atoms with van der Waals surface area (Å²) in [5, 5.41) is 0.